The van der Waals surface area contributed by atoms with Crippen molar-refractivity contribution in [3.63, 3.8) is 0 Å². The first-order valence-corrected chi connectivity index (χ1v) is 5.51. The zero-order chi connectivity index (χ0) is 10.7. The number of anilines is 2. The van der Waals surface area contributed by atoms with Crippen molar-refractivity contribution in [2.75, 3.05) is 17.6 Å². The SMILES string of the molecule is CC1(CNc2ccc(N)nn2)CCCC1. The van der Waals surface area contributed by atoms with E-state index < -0.39 is 0 Å². The van der Waals surface area contributed by atoms with Crippen LogP contribution in [-0.4, -0.2) is 16.7 Å². The van der Waals surface area contributed by atoms with Gasteiger partial charge in [0.2, 0.25) is 0 Å². The predicted octanol–water partition coefficient (Wildman–Crippen LogP) is 2.05. The minimum absolute atomic E-state index is 0.434. The van der Waals surface area contributed by atoms with E-state index in [9.17, 15) is 0 Å². The van der Waals surface area contributed by atoms with Crippen LogP contribution in [0.5, 0.6) is 0 Å². The molecule has 2 rings (SSSR count). The Kier molecular flexibility index (Phi) is 2.75. The van der Waals surface area contributed by atoms with E-state index in [2.05, 4.69) is 22.4 Å². The Morgan fingerprint density at radius 2 is 2.07 bits per heavy atom. The van der Waals surface area contributed by atoms with E-state index in [1.165, 1.54) is 25.7 Å². The van der Waals surface area contributed by atoms with Crippen LogP contribution >= 0.6 is 0 Å². The molecule has 0 radical (unpaired) electrons. The van der Waals surface area contributed by atoms with Gasteiger partial charge in [-0.05, 0) is 30.4 Å². The van der Waals surface area contributed by atoms with Crippen molar-refractivity contribution in [2.45, 2.75) is 32.6 Å². The average Bonchev–Trinajstić information content (AvgIpc) is 2.65. The molecule has 0 spiro atoms. The molecule has 1 aliphatic carbocycles. The average molecular weight is 206 g/mol. The Morgan fingerprint density at radius 3 is 2.67 bits per heavy atom. The molecule has 0 aromatic carbocycles. The maximum atomic E-state index is 5.47. The highest BCUT2D eigenvalue weighted by atomic mass is 15.2. The fraction of sp³-hybridized carbons (Fsp3) is 0.636. The first-order chi connectivity index (χ1) is 7.18. The van der Waals surface area contributed by atoms with Crippen LogP contribution in [0.4, 0.5) is 11.6 Å². The van der Waals surface area contributed by atoms with Gasteiger partial charge < -0.3 is 11.1 Å². The Balaban J connectivity index is 1.90. The number of aromatic nitrogens is 2. The van der Waals surface area contributed by atoms with E-state index in [0.717, 1.165) is 12.4 Å². The third kappa shape index (κ3) is 2.58. The molecule has 1 aliphatic rings. The Bertz CT molecular complexity index is 314. The van der Waals surface area contributed by atoms with Gasteiger partial charge in [-0.2, -0.15) is 0 Å². The van der Waals surface area contributed by atoms with Gasteiger partial charge in [-0.15, -0.1) is 10.2 Å². The summed E-state index contributed by atoms with van der Waals surface area (Å²) in [5.74, 6) is 1.28. The summed E-state index contributed by atoms with van der Waals surface area (Å²) in [6.45, 7) is 3.31. The normalized spacial score (nSPS) is 19.0. The monoisotopic (exact) mass is 206 g/mol. The summed E-state index contributed by atoms with van der Waals surface area (Å²) in [6, 6.07) is 3.65. The molecule has 3 N–H and O–H groups in total. The lowest BCUT2D eigenvalue weighted by Crippen LogP contribution is -2.23. The Labute approximate surface area is 90.3 Å². The zero-order valence-corrected chi connectivity index (χ0v) is 9.16. The summed E-state index contributed by atoms with van der Waals surface area (Å²) < 4.78 is 0. The molecule has 0 aliphatic heterocycles. The van der Waals surface area contributed by atoms with Gasteiger partial charge in [-0.3, -0.25) is 0 Å². The first-order valence-electron chi connectivity index (χ1n) is 5.51. The molecule has 15 heavy (non-hydrogen) atoms. The highest BCUT2D eigenvalue weighted by Gasteiger charge is 2.28. The van der Waals surface area contributed by atoms with Gasteiger partial charge in [-0.1, -0.05) is 19.8 Å². The van der Waals surface area contributed by atoms with Crippen molar-refractivity contribution < 1.29 is 0 Å². The van der Waals surface area contributed by atoms with Crippen molar-refractivity contribution in [3.8, 4) is 0 Å². The number of nitrogens with two attached hydrogens (primary N) is 1. The van der Waals surface area contributed by atoms with Crippen molar-refractivity contribution in [1.82, 2.24) is 10.2 Å². The van der Waals surface area contributed by atoms with Crippen LogP contribution in [0.1, 0.15) is 32.6 Å². The van der Waals surface area contributed by atoms with Crippen LogP contribution in [0.25, 0.3) is 0 Å². The summed E-state index contributed by atoms with van der Waals surface area (Å²) in [6.07, 6.45) is 5.32. The lowest BCUT2D eigenvalue weighted by molar-refractivity contribution is 0.361. The van der Waals surface area contributed by atoms with Crippen LogP contribution in [0.2, 0.25) is 0 Å². The topological polar surface area (TPSA) is 63.8 Å². The van der Waals surface area contributed by atoms with E-state index in [4.69, 9.17) is 5.73 Å². The molecule has 0 amide bonds. The highest BCUT2D eigenvalue weighted by molar-refractivity contribution is 5.38. The van der Waals surface area contributed by atoms with Crippen LogP contribution in [0, 0.1) is 5.41 Å². The van der Waals surface area contributed by atoms with Crippen molar-refractivity contribution in [2.24, 2.45) is 5.41 Å². The van der Waals surface area contributed by atoms with Gasteiger partial charge in [0.05, 0.1) is 0 Å². The lowest BCUT2D eigenvalue weighted by atomic mass is 9.89. The third-order valence-corrected chi connectivity index (χ3v) is 3.19. The summed E-state index contributed by atoms with van der Waals surface area (Å²) in [5, 5.41) is 11.1. The molecule has 82 valence electrons. The van der Waals surface area contributed by atoms with Gasteiger partial charge in [0, 0.05) is 6.54 Å². The van der Waals surface area contributed by atoms with Gasteiger partial charge >= 0.3 is 0 Å². The summed E-state index contributed by atoms with van der Waals surface area (Å²) >= 11 is 0. The van der Waals surface area contributed by atoms with Crippen LogP contribution in [-0.2, 0) is 0 Å². The Hall–Kier alpha value is -1.32. The summed E-state index contributed by atoms with van der Waals surface area (Å²) in [5.41, 5.74) is 5.90. The number of hydrogen-bond acceptors (Lipinski definition) is 4. The minimum atomic E-state index is 0.434. The largest absolute Gasteiger partial charge is 0.382 e. The molecule has 0 saturated heterocycles. The lowest BCUT2D eigenvalue weighted by Gasteiger charge is -2.23. The first kappa shape index (κ1) is 10.2. The fourth-order valence-corrected chi connectivity index (χ4v) is 2.15. The van der Waals surface area contributed by atoms with Crippen LogP contribution in [0.15, 0.2) is 12.1 Å². The minimum Gasteiger partial charge on any atom is -0.382 e. The molecule has 0 unspecified atom stereocenters. The molecule has 0 atom stereocenters. The smallest absolute Gasteiger partial charge is 0.148 e. The third-order valence-electron chi connectivity index (χ3n) is 3.19. The summed E-state index contributed by atoms with van der Waals surface area (Å²) in [7, 11) is 0. The number of nitrogens with zero attached hydrogens (tertiary/aromatic N) is 2. The molecule has 1 heterocycles. The fourth-order valence-electron chi connectivity index (χ4n) is 2.15. The number of hydrogen-bond donors (Lipinski definition) is 2. The number of nitrogen functional groups attached to an aromatic ring is 1. The number of nitrogens with one attached hydrogen (secondary N) is 1. The van der Waals surface area contributed by atoms with E-state index in [1.807, 2.05) is 6.07 Å². The highest BCUT2D eigenvalue weighted by Crippen LogP contribution is 2.37. The van der Waals surface area contributed by atoms with E-state index in [-0.39, 0.29) is 0 Å². The summed E-state index contributed by atoms with van der Waals surface area (Å²) in [4.78, 5) is 0. The molecular weight excluding hydrogens is 188 g/mol. The van der Waals surface area contributed by atoms with Crippen molar-refractivity contribution in [3.05, 3.63) is 12.1 Å². The maximum absolute atomic E-state index is 5.47. The van der Waals surface area contributed by atoms with Crippen molar-refractivity contribution in [1.29, 1.82) is 0 Å². The molecule has 1 aromatic rings. The maximum Gasteiger partial charge on any atom is 0.148 e. The van der Waals surface area contributed by atoms with Crippen LogP contribution in [0.3, 0.4) is 0 Å². The van der Waals surface area contributed by atoms with Crippen molar-refractivity contribution >= 4 is 11.6 Å². The number of rotatable bonds is 3. The standard InChI is InChI=1S/C11H18N4/c1-11(6-2-3-7-11)8-13-10-5-4-9(12)14-15-10/h4-5H,2-3,6-8H2,1H3,(H2,12,14)(H,13,15). The van der Waals surface area contributed by atoms with Gasteiger partial charge in [0.25, 0.3) is 0 Å². The predicted molar refractivity (Wildman–Crippen MR) is 61.5 cm³/mol. The van der Waals surface area contributed by atoms with Gasteiger partial charge in [0.1, 0.15) is 11.6 Å². The molecule has 0 bridgehead atoms. The van der Waals surface area contributed by atoms with E-state index in [0.29, 0.717) is 11.2 Å². The quantitative estimate of drug-likeness (QED) is 0.794. The second-order valence-corrected chi connectivity index (χ2v) is 4.71. The van der Waals surface area contributed by atoms with Gasteiger partial charge in [0.15, 0.2) is 0 Å². The molecule has 1 fully saturated rings. The zero-order valence-electron chi connectivity index (χ0n) is 9.16. The van der Waals surface area contributed by atoms with Crippen LogP contribution < -0.4 is 11.1 Å². The second kappa shape index (κ2) is 4.04. The van der Waals surface area contributed by atoms with E-state index >= 15 is 0 Å². The molecule has 4 heteroatoms. The van der Waals surface area contributed by atoms with Gasteiger partial charge in [-0.25, -0.2) is 0 Å². The molecular formula is C11H18N4. The molecule has 1 saturated carbocycles. The second-order valence-electron chi connectivity index (χ2n) is 4.71. The van der Waals surface area contributed by atoms with E-state index in [1.54, 1.807) is 6.07 Å². The Morgan fingerprint density at radius 1 is 1.33 bits per heavy atom. The molecule has 1 aromatic heterocycles. The molecule has 4 nitrogen and oxygen atoms in total.